The van der Waals surface area contributed by atoms with E-state index in [9.17, 15) is 4.79 Å². The van der Waals surface area contributed by atoms with Crippen molar-refractivity contribution in [3.8, 4) is 17.2 Å². The molecule has 0 saturated carbocycles. The molecule has 1 aromatic heterocycles. The largest absolute Gasteiger partial charge is 0.497 e. The minimum atomic E-state index is 0.0139. The highest BCUT2D eigenvalue weighted by molar-refractivity contribution is 5.74. The molecule has 0 atom stereocenters. The summed E-state index contributed by atoms with van der Waals surface area (Å²) in [5.74, 6) is 2.26. The number of benzene rings is 2. The van der Waals surface area contributed by atoms with E-state index < -0.39 is 0 Å². The average molecular weight is 435 g/mol. The van der Waals surface area contributed by atoms with Crippen LogP contribution in [0.2, 0.25) is 0 Å². The van der Waals surface area contributed by atoms with Gasteiger partial charge in [0.2, 0.25) is 5.89 Å². The minimum absolute atomic E-state index is 0.0139. The highest BCUT2D eigenvalue weighted by Gasteiger charge is 2.22. The molecule has 7 heteroatoms. The molecule has 0 radical (unpaired) electrons. The standard InChI is InChI=1S/C25H30N4O3/c1-19-23(27-24(32-19)21-8-10-22(31-2)11-9-21)18-28-14-16-29(17-15-28)25(30)26-13-12-20-6-4-3-5-7-20/h3-11H,12-18H2,1-2H3,(H,26,30). The summed E-state index contributed by atoms with van der Waals surface area (Å²) in [6, 6.07) is 17.9. The van der Waals surface area contributed by atoms with E-state index in [2.05, 4.69) is 22.3 Å². The Morgan fingerprint density at radius 2 is 1.78 bits per heavy atom. The van der Waals surface area contributed by atoms with Crippen molar-refractivity contribution < 1.29 is 13.9 Å². The van der Waals surface area contributed by atoms with Crippen molar-refractivity contribution in [1.82, 2.24) is 20.1 Å². The molecule has 0 bridgehead atoms. The van der Waals surface area contributed by atoms with Gasteiger partial charge in [-0.1, -0.05) is 30.3 Å². The van der Waals surface area contributed by atoms with Gasteiger partial charge in [-0.3, -0.25) is 4.90 Å². The molecule has 2 amide bonds. The quantitative estimate of drug-likeness (QED) is 0.614. The first-order valence-corrected chi connectivity index (χ1v) is 11.0. The number of nitrogens with zero attached hydrogens (tertiary/aromatic N) is 3. The number of oxazole rings is 1. The Morgan fingerprint density at radius 3 is 2.47 bits per heavy atom. The van der Waals surface area contributed by atoms with Gasteiger partial charge in [0.1, 0.15) is 11.5 Å². The summed E-state index contributed by atoms with van der Waals surface area (Å²) in [6.45, 7) is 6.36. The predicted octanol–water partition coefficient (Wildman–Crippen LogP) is 3.73. The van der Waals surface area contributed by atoms with E-state index in [1.54, 1.807) is 7.11 Å². The summed E-state index contributed by atoms with van der Waals surface area (Å²) in [4.78, 5) is 21.4. The predicted molar refractivity (Wildman–Crippen MR) is 124 cm³/mol. The molecule has 1 aliphatic rings. The maximum absolute atomic E-state index is 12.5. The summed E-state index contributed by atoms with van der Waals surface area (Å²) in [5.41, 5.74) is 3.10. The van der Waals surface area contributed by atoms with Crippen LogP contribution in [0.5, 0.6) is 5.75 Å². The Kier molecular flexibility index (Phi) is 7.07. The van der Waals surface area contributed by atoms with Gasteiger partial charge in [0.05, 0.1) is 12.8 Å². The van der Waals surface area contributed by atoms with Gasteiger partial charge in [-0.2, -0.15) is 0 Å². The minimum Gasteiger partial charge on any atom is -0.497 e. The maximum atomic E-state index is 12.5. The molecule has 1 aliphatic heterocycles. The monoisotopic (exact) mass is 434 g/mol. The lowest BCUT2D eigenvalue weighted by Crippen LogP contribution is -2.51. The van der Waals surface area contributed by atoms with Crippen molar-refractivity contribution in [3.63, 3.8) is 0 Å². The normalized spacial score (nSPS) is 14.4. The summed E-state index contributed by atoms with van der Waals surface area (Å²) in [6.07, 6.45) is 0.842. The summed E-state index contributed by atoms with van der Waals surface area (Å²) >= 11 is 0. The molecule has 0 aliphatic carbocycles. The molecule has 7 nitrogen and oxygen atoms in total. The van der Waals surface area contributed by atoms with E-state index >= 15 is 0 Å². The van der Waals surface area contributed by atoms with Crippen LogP contribution in [0.4, 0.5) is 4.79 Å². The number of piperazine rings is 1. The number of carbonyl (C=O) groups excluding carboxylic acids is 1. The number of hydrogen-bond acceptors (Lipinski definition) is 5. The van der Waals surface area contributed by atoms with Crippen LogP contribution in [0.3, 0.4) is 0 Å². The second kappa shape index (κ2) is 10.3. The fourth-order valence-corrected chi connectivity index (χ4v) is 3.82. The Balaban J connectivity index is 1.25. The molecule has 4 rings (SSSR count). The van der Waals surface area contributed by atoms with Crippen molar-refractivity contribution in [1.29, 1.82) is 0 Å². The zero-order valence-corrected chi connectivity index (χ0v) is 18.7. The number of rotatable bonds is 7. The average Bonchev–Trinajstić information content (AvgIpc) is 3.20. The molecule has 168 valence electrons. The highest BCUT2D eigenvalue weighted by atomic mass is 16.5. The van der Waals surface area contributed by atoms with Crippen LogP contribution >= 0.6 is 0 Å². The fourth-order valence-electron chi connectivity index (χ4n) is 3.82. The number of amides is 2. The van der Waals surface area contributed by atoms with E-state index in [-0.39, 0.29) is 6.03 Å². The van der Waals surface area contributed by atoms with Crippen molar-refractivity contribution >= 4 is 6.03 Å². The van der Waals surface area contributed by atoms with Crippen molar-refractivity contribution in [3.05, 3.63) is 71.6 Å². The first kappa shape index (κ1) is 21.9. The number of aromatic nitrogens is 1. The lowest BCUT2D eigenvalue weighted by Gasteiger charge is -2.34. The number of aryl methyl sites for hydroxylation is 1. The van der Waals surface area contributed by atoms with E-state index in [0.717, 1.165) is 48.8 Å². The molecule has 0 spiro atoms. The molecule has 32 heavy (non-hydrogen) atoms. The van der Waals surface area contributed by atoms with Gasteiger partial charge in [-0.15, -0.1) is 0 Å². The number of ether oxygens (including phenoxy) is 1. The van der Waals surface area contributed by atoms with Crippen molar-refractivity contribution in [2.24, 2.45) is 0 Å². The van der Waals surface area contributed by atoms with E-state index in [1.165, 1.54) is 5.56 Å². The lowest BCUT2D eigenvalue weighted by molar-refractivity contribution is 0.134. The molecular formula is C25H30N4O3. The second-order valence-corrected chi connectivity index (χ2v) is 7.98. The molecule has 2 aromatic carbocycles. The second-order valence-electron chi connectivity index (χ2n) is 7.98. The number of carbonyl (C=O) groups is 1. The van der Waals surface area contributed by atoms with Gasteiger partial charge in [-0.05, 0) is 43.2 Å². The number of hydrogen-bond donors (Lipinski definition) is 1. The highest BCUT2D eigenvalue weighted by Crippen LogP contribution is 2.24. The number of methoxy groups -OCH3 is 1. The molecule has 1 N–H and O–H groups in total. The van der Waals surface area contributed by atoms with Crippen LogP contribution in [0.25, 0.3) is 11.5 Å². The first-order chi connectivity index (χ1) is 15.6. The number of nitrogens with one attached hydrogen (secondary N) is 1. The topological polar surface area (TPSA) is 70.8 Å². The number of urea groups is 1. The third kappa shape index (κ3) is 5.48. The van der Waals surface area contributed by atoms with Gasteiger partial charge in [0, 0.05) is 44.8 Å². The van der Waals surface area contributed by atoms with Gasteiger partial charge < -0.3 is 19.4 Å². The van der Waals surface area contributed by atoms with Crippen LogP contribution in [0.15, 0.2) is 59.0 Å². The van der Waals surface area contributed by atoms with Gasteiger partial charge in [0.25, 0.3) is 0 Å². The smallest absolute Gasteiger partial charge is 0.317 e. The first-order valence-electron chi connectivity index (χ1n) is 11.0. The lowest BCUT2D eigenvalue weighted by atomic mass is 10.1. The molecule has 2 heterocycles. The van der Waals surface area contributed by atoms with Gasteiger partial charge >= 0.3 is 6.03 Å². The van der Waals surface area contributed by atoms with E-state index in [4.69, 9.17) is 14.1 Å². The third-order valence-corrected chi connectivity index (χ3v) is 5.80. The SMILES string of the molecule is COc1ccc(-c2nc(CN3CCN(C(=O)NCCc4ccccc4)CC3)c(C)o2)cc1. The molecule has 1 saturated heterocycles. The zero-order chi connectivity index (χ0) is 22.3. The Labute approximate surface area is 189 Å². The Bertz CT molecular complexity index is 1010. The fraction of sp³-hybridized carbons (Fsp3) is 0.360. The van der Waals surface area contributed by atoms with Crippen molar-refractivity contribution in [2.75, 3.05) is 39.8 Å². The molecular weight excluding hydrogens is 404 g/mol. The van der Waals surface area contributed by atoms with Crippen LogP contribution in [0, 0.1) is 6.92 Å². The molecule has 3 aromatic rings. The molecule has 1 fully saturated rings. The van der Waals surface area contributed by atoms with Crippen molar-refractivity contribution in [2.45, 2.75) is 19.9 Å². The zero-order valence-electron chi connectivity index (χ0n) is 18.7. The van der Waals surface area contributed by atoms with Crippen LogP contribution in [-0.2, 0) is 13.0 Å². The van der Waals surface area contributed by atoms with Crippen LogP contribution in [-0.4, -0.2) is 60.6 Å². The van der Waals surface area contributed by atoms with E-state index in [0.29, 0.717) is 25.5 Å². The van der Waals surface area contributed by atoms with Crippen LogP contribution in [0.1, 0.15) is 17.0 Å². The summed E-state index contributed by atoms with van der Waals surface area (Å²) < 4.78 is 11.1. The van der Waals surface area contributed by atoms with Gasteiger partial charge in [-0.25, -0.2) is 9.78 Å². The van der Waals surface area contributed by atoms with Gasteiger partial charge in [0.15, 0.2) is 0 Å². The van der Waals surface area contributed by atoms with Crippen LogP contribution < -0.4 is 10.1 Å². The maximum Gasteiger partial charge on any atom is 0.317 e. The molecule has 0 unspecified atom stereocenters. The Morgan fingerprint density at radius 1 is 1.06 bits per heavy atom. The summed E-state index contributed by atoms with van der Waals surface area (Å²) in [7, 11) is 1.65. The van der Waals surface area contributed by atoms with E-state index in [1.807, 2.05) is 54.3 Å². The third-order valence-electron chi connectivity index (χ3n) is 5.80. The summed E-state index contributed by atoms with van der Waals surface area (Å²) in [5, 5.41) is 3.04. The Hall–Kier alpha value is -3.32.